The molecule has 1 heterocycles. The van der Waals surface area contributed by atoms with E-state index in [9.17, 15) is 0 Å². The quantitative estimate of drug-likeness (QED) is 0.767. The fourth-order valence-corrected chi connectivity index (χ4v) is 2.16. The van der Waals surface area contributed by atoms with Gasteiger partial charge < -0.3 is 4.98 Å². The number of aromatic amines is 1. The maximum atomic E-state index is 4.65. The first-order valence-electron chi connectivity index (χ1n) is 6.60. The molecule has 0 spiro atoms. The number of nitrogens with zero attached hydrogens (tertiary/aromatic N) is 1. The fourth-order valence-electron chi connectivity index (χ4n) is 2.16. The van der Waals surface area contributed by atoms with Crippen molar-refractivity contribution in [2.45, 2.75) is 66.2 Å². The SMILES string of the molecule is CCCC(C)c1nc(C)[nH]c1CCC(C)C. The molecule has 0 saturated carbocycles. The Labute approximate surface area is 99.9 Å². The molecular weight excluding hydrogens is 196 g/mol. The molecule has 1 unspecified atom stereocenters. The third-order valence-electron chi connectivity index (χ3n) is 3.09. The highest BCUT2D eigenvalue weighted by atomic mass is 14.9. The van der Waals surface area contributed by atoms with E-state index in [1.165, 1.54) is 30.7 Å². The highest BCUT2D eigenvalue weighted by Gasteiger charge is 2.14. The summed E-state index contributed by atoms with van der Waals surface area (Å²) >= 11 is 0. The third kappa shape index (κ3) is 3.66. The summed E-state index contributed by atoms with van der Waals surface area (Å²) in [4.78, 5) is 8.08. The number of nitrogens with one attached hydrogen (secondary N) is 1. The van der Waals surface area contributed by atoms with Crippen molar-refractivity contribution < 1.29 is 0 Å². The molecule has 0 aliphatic carbocycles. The van der Waals surface area contributed by atoms with Gasteiger partial charge in [-0.15, -0.1) is 0 Å². The van der Waals surface area contributed by atoms with Crippen LogP contribution in [0.3, 0.4) is 0 Å². The number of hydrogen-bond acceptors (Lipinski definition) is 1. The van der Waals surface area contributed by atoms with Crippen molar-refractivity contribution in [1.82, 2.24) is 9.97 Å². The molecule has 1 atom stereocenters. The minimum Gasteiger partial charge on any atom is -0.346 e. The van der Waals surface area contributed by atoms with Gasteiger partial charge in [-0.3, -0.25) is 0 Å². The van der Waals surface area contributed by atoms with Crippen molar-refractivity contribution in [3.63, 3.8) is 0 Å². The molecule has 92 valence electrons. The van der Waals surface area contributed by atoms with Crippen LogP contribution in [0, 0.1) is 12.8 Å². The molecule has 2 nitrogen and oxygen atoms in total. The van der Waals surface area contributed by atoms with Crippen molar-refractivity contribution in [1.29, 1.82) is 0 Å². The molecule has 0 saturated heterocycles. The molecular formula is C14H26N2. The van der Waals surface area contributed by atoms with Crippen LogP contribution < -0.4 is 0 Å². The van der Waals surface area contributed by atoms with Crippen molar-refractivity contribution >= 4 is 0 Å². The Morgan fingerprint density at radius 1 is 1.19 bits per heavy atom. The maximum Gasteiger partial charge on any atom is 0.103 e. The second-order valence-electron chi connectivity index (χ2n) is 5.31. The molecule has 16 heavy (non-hydrogen) atoms. The zero-order chi connectivity index (χ0) is 12.1. The minimum absolute atomic E-state index is 0.595. The van der Waals surface area contributed by atoms with Gasteiger partial charge in [0, 0.05) is 11.6 Å². The van der Waals surface area contributed by atoms with Gasteiger partial charge in [0.15, 0.2) is 0 Å². The molecule has 2 heteroatoms. The summed E-state index contributed by atoms with van der Waals surface area (Å²) in [6.07, 6.45) is 4.85. The number of rotatable bonds is 6. The molecule has 0 aliphatic heterocycles. The smallest absolute Gasteiger partial charge is 0.103 e. The standard InChI is InChI=1S/C14H26N2/c1-6-7-11(4)14-13(9-8-10(2)3)15-12(5)16-14/h10-11H,6-9H2,1-5H3,(H,15,16). The monoisotopic (exact) mass is 222 g/mol. The van der Waals surface area contributed by atoms with Gasteiger partial charge in [-0.1, -0.05) is 34.1 Å². The van der Waals surface area contributed by atoms with E-state index in [0.717, 1.165) is 18.2 Å². The van der Waals surface area contributed by atoms with E-state index in [1.807, 2.05) is 0 Å². The number of hydrogen-bond donors (Lipinski definition) is 1. The fraction of sp³-hybridized carbons (Fsp3) is 0.786. The second kappa shape index (κ2) is 6.07. The van der Waals surface area contributed by atoms with Crippen LogP contribution in [-0.4, -0.2) is 9.97 Å². The van der Waals surface area contributed by atoms with E-state index in [-0.39, 0.29) is 0 Å². The van der Waals surface area contributed by atoms with Gasteiger partial charge in [0.1, 0.15) is 5.82 Å². The molecule has 1 aromatic heterocycles. The molecule has 1 aromatic rings. The summed E-state index contributed by atoms with van der Waals surface area (Å²) in [6.45, 7) is 11.1. The Morgan fingerprint density at radius 2 is 1.88 bits per heavy atom. The van der Waals surface area contributed by atoms with E-state index in [1.54, 1.807) is 0 Å². The lowest BCUT2D eigenvalue weighted by atomic mass is 9.97. The summed E-state index contributed by atoms with van der Waals surface area (Å²) in [5, 5.41) is 0. The molecule has 0 radical (unpaired) electrons. The Hall–Kier alpha value is -0.790. The van der Waals surface area contributed by atoms with Crippen molar-refractivity contribution in [3.8, 4) is 0 Å². The topological polar surface area (TPSA) is 28.7 Å². The summed E-state index contributed by atoms with van der Waals surface area (Å²) in [6, 6.07) is 0. The maximum absolute atomic E-state index is 4.65. The summed E-state index contributed by atoms with van der Waals surface area (Å²) < 4.78 is 0. The Kier molecular flexibility index (Phi) is 5.04. The van der Waals surface area contributed by atoms with Crippen LogP contribution in [-0.2, 0) is 6.42 Å². The van der Waals surface area contributed by atoms with Crippen LogP contribution in [0.2, 0.25) is 0 Å². The van der Waals surface area contributed by atoms with Crippen LogP contribution in [0.1, 0.15) is 70.1 Å². The first kappa shape index (κ1) is 13.3. The number of aromatic nitrogens is 2. The number of aryl methyl sites for hydroxylation is 2. The van der Waals surface area contributed by atoms with Crippen molar-refractivity contribution in [2.75, 3.05) is 0 Å². The average molecular weight is 222 g/mol. The largest absolute Gasteiger partial charge is 0.346 e. The lowest BCUT2D eigenvalue weighted by Crippen LogP contribution is -2.01. The van der Waals surface area contributed by atoms with Crippen LogP contribution in [0.25, 0.3) is 0 Å². The van der Waals surface area contributed by atoms with Gasteiger partial charge in [-0.05, 0) is 32.1 Å². The normalized spacial score (nSPS) is 13.4. The average Bonchev–Trinajstić information content (AvgIpc) is 2.57. The highest BCUT2D eigenvalue weighted by Crippen LogP contribution is 2.23. The van der Waals surface area contributed by atoms with Crippen LogP contribution in [0.15, 0.2) is 0 Å². The zero-order valence-electron chi connectivity index (χ0n) is 11.4. The van der Waals surface area contributed by atoms with Gasteiger partial charge in [0.25, 0.3) is 0 Å². The summed E-state index contributed by atoms with van der Waals surface area (Å²) in [5.41, 5.74) is 2.67. The van der Waals surface area contributed by atoms with E-state index in [4.69, 9.17) is 0 Å². The van der Waals surface area contributed by atoms with Gasteiger partial charge in [-0.25, -0.2) is 4.98 Å². The Balaban J connectivity index is 2.74. The Bertz CT molecular complexity index is 313. The van der Waals surface area contributed by atoms with Crippen molar-refractivity contribution in [3.05, 3.63) is 17.2 Å². The first-order valence-corrected chi connectivity index (χ1v) is 6.60. The molecule has 0 fully saturated rings. The molecule has 0 aromatic carbocycles. The minimum atomic E-state index is 0.595. The van der Waals surface area contributed by atoms with Gasteiger partial charge in [-0.2, -0.15) is 0 Å². The van der Waals surface area contributed by atoms with E-state index < -0.39 is 0 Å². The second-order valence-corrected chi connectivity index (χ2v) is 5.31. The number of H-pyrrole nitrogens is 1. The highest BCUT2D eigenvalue weighted by molar-refractivity contribution is 5.18. The lowest BCUT2D eigenvalue weighted by Gasteiger charge is -2.10. The molecule has 0 amide bonds. The predicted molar refractivity (Wildman–Crippen MR) is 69.8 cm³/mol. The zero-order valence-corrected chi connectivity index (χ0v) is 11.4. The van der Waals surface area contributed by atoms with Gasteiger partial charge >= 0.3 is 0 Å². The summed E-state index contributed by atoms with van der Waals surface area (Å²) in [7, 11) is 0. The van der Waals surface area contributed by atoms with Gasteiger partial charge in [0.2, 0.25) is 0 Å². The van der Waals surface area contributed by atoms with Crippen LogP contribution >= 0.6 is 0 Å². The van der Waals surface area contributed by atoms with Crippen LogP contribution in [0.4, 0.5) is 0 Å². The molecule has 0 aliphatic rings. The van der Waals surface area contributed by atoms with E-state index in [2.05, 4.69) is 44.6 Å². The van der Waals surface area contributed by atoms with Gasteiger partial charge in [0.05, 0.1) is 5.69 Å². The molecule has 0 bridgehead atoms. The van der Waals surface area contributed by atoms with E-state index >= 15 is 0 Å². The van der Waals surface area contributed by atoms with E-state index in [0.29, 0.717) is 5.92 Å². The number of imidazole rings is 1. The third-order valence-corrected chi connectivity index (χ3v) is 3.09. The molecule has 1 rings (SSSR count). The van der Waals surface area contributed by atoms with Crippen LogP contribution in [0.5, 0.6) is 0 Å². The predicted octanol–water partition coefficient (Wildman–Crippen LogP) is 4.21. The summed E-state index contributed by atoms with van der Waals surface area (Å²) in [5.74, 6) is 2.42. The lowest BCUT2D eigenvalue weighted by molar-refractivity contribution is 0.572. The van der Waals surface area contributed by atoms with Crippen molar-refractivity contribution in [2.24, 2.45) is 5.92 Å². The first-order chi connectivity index (χ1) is 7.54. The molecule has 1 N–H and O–H groups in total. The Morgan fingerprint density at radius 3 is 2.44 bits per heavy atom.